The van der Waals surface area contributed by atoms with E-state index in [9.17, 15) is 8.78 Å². The van der Waals surface area contributed by atoms with Crippen LogP contribution in [0.15, 0.2) is 53.7 Å². The zero-order valence-corrected chi connectivity index (χ0v) is 17.4. The Morgan fingerprint density at radius 1 is 1.00 bits per heavy atom. The second kappa shape index (κ2) is 10.2. The smallest absolute Gasteiger partial charge is 0.190 e. The lowest BCUT2D eigenvalue weighted by molar-refractivity contribution is 0.625. The molecule has 0 saturated carbocycles. The van der Waals surface area contributed by atoms with E-state index in [0.717, 1.165) is 28.5 Å². The van der Waals surface area contributed by atoms with Crippen LogP contribution in [0, 0.1) is 11.6 Å². The second-order valence-electron chi connectivity index (χ2n) is 6.06. The third kappa shape index (κ3) is 5.92. The zero-order valence-electron chi connectivity index (χ0n) is 15.1. The minimum absolute atomic E-state index is 0. The highest BCUT2D eigenvalue weighted by atomic mass is 127. The molecule has 1 heterocycles. The Hall–Kier alpha value is -2.16. The first kappa shape index (κ1) is 21.1. The molecule has 0 aliphatic heterocycles. The highest BCUT2D eigenvalue weighted by Crippen LogP contribution is 2.19. The van der Waals surface area contributed by atoms with Crippen molar-refractivity contribution in [1.82, 2.24) is 15.6 Å². The van der Waals surface area contributed by atoms with E-state index in [4.69, 9.17) is 0 Å². The van der Waals surface area contributed by atoms with Gasteiger partial charge in [0.1, 0.15) is 11.6 Å². The first-order chi connectivity index (χ1) is 12.7. The van der Waals surface area contributed by atoms with Gasteiger partial charge in [0.2, 0.25) is 0 Å². The molecule has 0 bridgehead atoms. The third-order valence-electron chi connectivity index (χ3n) is 4.24. The number of aromatic amines is 1. The van der Waals surface area contributed by atoms with E-state index in [0.29, 0.717) is 25.5 Å². The third-order valence-corrected chi connectivity index (χ3v) is 4.24. The van der Waals surface area contributed by atoms with E-state index < -0.39 is 0 Å². The Morgan fingerprint density at radius 2 is 1.74 bits per heavy atom. The Bertz CT molecular complexity index is 908. The maximum Gasteiger partial charge on any atom is 0.190 e. The summed E-state index contributed by atoms with van der Waals surface area (Å²) in [5.41, 5.74) is 2.93. The van der Waals surface area contributed by atoms with E-state index in [1.165, 1.54) is 18.2 Å². The summed E-state index contributed by atoms with van der Waals surface area (Å²) >= 11 is 0. The first-order valence-electron chi connectivity index (χ1n) is 8.60. The van der Waals surface area contributed by atoms with Crippen molar-refractivity contribution in [3.63, 3.8) is 0 Å². The van der Waals surface area contributed by atoms with Gasteiger partial charge in [-0.2, -0.15) is 0 Å². The molecule has 0 fully saturated rings. The largest absolute Gasteiger partial charge is 0.361 e. The number of hydrogen-bond acceptors (Lipinski definition) is 1. The Labute approximate surface area is 174 Å². The van der Waals surface area contributed by atoms with Crippen molar-refractivity contribution in [1.29, 1.82) is 0 Å². The van der Waals surface area contributed by atoms with Gasteiger partial charge in [0, 0.05) is 37.2 Å². The highest BCUT2D eigenvalue weighted by molar-refractivity contribution is 14.0. The number of fused-ring (bicyclic) bond motifs is 1. The number of hydrogen-bond donors (Lipinski definition) is 3. The molecule has 4 nitrogen and oxygen atoms in total. The molecule has 1 aromatic heterocycles. The number of halogens is 3. The molecular weight excluding hydrogens is 461 g/mol. The highest BCUT2D eigenvalue weighted by Gasteiger charge is 2.05. The summed E-state index contributed by atoms with van der Waals surface area (Å²) in [6, 6.07) is 11.3. The Balaban J connectivity index is 0.00000261. The van der Waals surface area contributed by atoms with Gasteiger partial charge in [-0.05, 0) is 54.3 Å². The van der Waals surface area contributed by atoms with Crippen LogP contribution in [-0.4, -0.2) is 31.1 Å². The van der Waals surface area contributed by atoms with Crippen LogP contribution in [0.4, 0.5) is 8.78 Å². The SMILES string of the molecule is CN=C(NCCc1cccc(F)c1)NCCc1c[nH]c2ccc(F)cc12.I. The number of benzene rings is 2. The monoisotopic (exact) mass is 484 g/mol. The molecule has 0 saturated heterocycles. The molecule has 0 aliphatic carbocycles. The van der Waals surface area contributed by atoms with Gasteiger partial charge in [-0.3, -0.25) is 4.99 Å². The molecule has 3 N–H and O–H groups in total. The van der Waals surface area contributed by atoms with Crippen molar-refractivity contribution < 1.29 is 8.78 Å². The van der Waals surface area contributed by atoms with Crippen LogP contribution >= 0.6 is 24.0 Å². The molecule has 2 aromatic carbocycles. The molecule has 3 rings (SSSR count). The summed E-state index contributed by atoms with van der Waals surface area (Å²) in [6.07, 6.45) is 3.36. The molecule has 0 aliphatic rings. The van der Waals surface area contributed by atoms with Crippen molar-refractivity contribution in [3.05, 3.63) is 71.4 Å². The second-order valence-corrected chi connectivity index (χ2v) is 6.06. The number of H-pyrrole nitrogens is 1. The van der Waals surface area contributed by atoms with Gasteiger partial charge in [0.15, 0.2) is 5.96 Å². The van der Waals surface area contributed by atoms with Gasteiger partial charge in [0.05, 0.1) is 0 Å². The molecule has 144 valence electrons. The van der Waals surface area contributed by atoms with Gasteiger partial charge in [0.25, 0.3) is 0 Å². The normalized spacial score (nSPS) is 11.3. The lowest BCUT2D eigenvalue weighted by atomic mass is 10.1. The lowest BCUT2D eigenvalue weighted by Crippen LogP contribution is -2.39. The van der Waals surface area contributed by atoms with Crippen LogP contribution < -0.4 is 10.6 Å². The molecule has 0 atom stereocenters. The molecular formula is C20H23F2IN4. The average molecular weight is 484 g/mol. The number of guanidine groups is 1. The fraction of sp³-hybridized carbons (Fsp3) is 0.250. The zero-order chi connectivity index (χ0) is 18.4. The minimum Gasteiger partial charge on any atom is -0.361 e. The number of aromatic nitrogens is 1. The number of nitrogens with one attached hydrogen (secondary N) is 3. The van der Waals surface area contributed by atoms with Gasteiger partial charge >= 0.3 is 0 Å². The average Bonchev–Trinajstić information content (AvgIpc) is 3.02. The van der Waals surface area contributed by atoms with Crippen molar-refractivity contribution >= 4 is 40.8 Å². The van der Waals surface area contributed by atoms with Crippen LogP contribution in [0.1, 0.15) is 11.1 Å². The number of nitrogens with zero attached hydrogens (tertiary/aromatic N) is 1. The molecule has 0 spiro atoms. The predicted molar refractivity (Wildman–Crippen MR) is 117 cm³/mol. The summed E-state index contributed by atoms with van der Waals surface area (Å²) in [5.74, 6) is 0.230. The van der Waals surface area contributed by atoms with Crippen molar-refractivity contribution in [2.45, 2.75) is 12.8 Å². The Kier molecular flexibility index (Phi) is 8.02. The van der Waals surface area contributed by atoms with Crippen LogP contribution in [0.2, 0.25) is 0 Å². The molecule has 3 aromatic rings. The van der Waals surface area contributed by atoms with E-state index in [1.54, 1.807) is 25.2 Å². The molecule has 0 unspecified atom stereocenters. The molecule has 27 heavy (non-hydrogen) atoms. The quantitative estimate of drug-likeness (QED) is 0.282. The molecule has 0 radical (unpaired) electrons. The van der Waals surface area contributed by atoms with Crippen molar-refractivity contribution in [2.75, 3.05) is 20.1 Å². The van der Waals surface area contributed by atoms with Gasteiger partial charge in [-0.15, -0.1) is 24.0 Å². The van der Waals surface area contributed by atoms with E-state index in [1.807, 2.05) is 12.3 Å². The van der Waals surface area contributed by atoms with Crippen molar-refractivity contribution in [3.8, 4) is 0 Å². The standard InChI is InChI=1S/C20H22F2N4.HI/c1-23-20(24-9-7-14-3-2-4-16(21)11-14)25-10-8-15-13-26-19-6-5-17(22)12-18(15)19;/h2-6,11-13,26H,7-10H2,1H3,(H2,23,24,25);1H. The van der Waals surface area contributed by atoms with Crippen LogP contribution in [0.3, 0.4) is 0 Å². The fourth-order valence-corrected chi connectivity index (χ4v) is 2.91. The van der Waals surface area contributed by atoms with Gasteiger partial charge in [-0.25, -0.2) is 8.78 Å². The number of rotatable bonds is 6. The van der Waals surface area contributed by atoms with Gasteiger partial charge in [-0.1, -0.05) is 12.1 Å². The van der Waals surface area contributed by atoms with Crippen LogP contribution in [0.5, 0.6) is 0 Å². The first-order valence-corrected chi connectivity index (χ1v) is 8.60. The van der Waals surface area contributed by atoms with Crippen LogP contribution in [0.25, 0.3) is 10.9 Å². The fourth-order valence-electron chi connectivity index (χ4n) is 2.91. The maximum atomic E-state index is 13.4. The maximum absolute atomic E-state index is 13.4. The summed E-state index contributed by atoms with van der Waals surface area (Å²) in [4.78, 5) is 7.34. The summed E-state index contributed by atoms with van der Waals surface area (Å²) in [5, 5.41) is 7.36. The lowest BCUT2D eigenvalue weighted by Gasteiger charge is -2.11. The predicted octanol–water partition coefficient (Wildman–Crippen LogP) is 4.01. The Morgan fingerprint density at radius 3 is 2.48 bits per heavy atom. The number of aliphatic imine (C=N–C) groups is 1. The summed E-state index contributed by atoms with van der Waals surface area (Å²) in [6.45, 7) is 1.32. The topological polar surface area (TPSA) is 52.2 Å². The van der Waals surface area contributed by atoms with Gasteiger partial charge < -0.3 is 15.6 Å². The molecule has 0 amide bonds. The van der Waals surface area contributed by atoms with E-state index in [2.05, 4.69) is 20.6 Å². The van der Waals surface area contributed by atoms with Crippen LogP contribution in [-0.2, 0) is 12.8 Å². The van der Waals surface area contributed by atoms with E-state index in [-0.39, 0.29) is 35.6 Å². The summed E-state index contributed by atoms with van der Waals surface area (Å²) < 4.78 is 26.6. The van der Waals surface area contributed by atoms with E-state index >= 15 is 0 Å². The minimum atomic E-state index is -0.235. The summed E-state index contributed by atoms with van der Waals surface area (Å²) in [7, 11) is 1.71. The van der Waals surface area contributed by atoms with Crippen molar-refractivity contribution in [2.24, 2.45) is 4.99 Å². The molecule has 7 heteroatoms.